The summed E-state index contributed by atoms with van der Waals surface area (Å²) in [6, 6.07) is 7.31. The van der Waals surface area contributed by atoms with Crippen LogP contribution in [0.1, 0.15) is 94.9 Å². The van der Waals surface area contributed by atoms with Gasteiger partial charge in [0.1, 0.15) is 11.6 Å². The Balaban J connectivity index is 1.28. The highest BCUT2D eigenvalue weighted by atomic mass is 32.2. The van der Waals surface area contributed by atoms with Crippen molar-refractivity contribution in [1.82, 2.24) is 28.8 Å². The quantitative estimate of drug-likeness (QED) is 0.227. The van der Waals surface area contributed by atoms with Gasteiger partial charge in [-0.15, -0.1) is 0 Å². The minimum Gasteiger partial charge on any atom is -0.336 e. The molecule has 1 aromatic carbocycles. The number of carbonyl (C=O) groups excluding carboxylic acids is 1. The van der Waals surface area contributed by atoms with Gasteiger partial charge in [0.2, 0.25) is 10.0 Å². The summed E-state index contributed by atoms with van der Waals surface area (Å²) < 4.78 is 43.5. The second-order valence-corrected chi connectivity index (χ2v) is 16.4. The van der Waals surface area contributed by atoms with E-state index < -0.39 is 15.8 Å². The molecule has 2 saturated heterocycles. The standard InChI is InChI=1S/C37H55FN6O3S/c1-8-43(26(5)6)37(45)34-20-30(38)12-13-32(34)33-19-28(24-44-27(7)39-21-36(33)44)29-22-42(23-29)35(25(3)4)11-10-16-41-17-14-31(15-18-41)40-48(46,47)9-2/h12-13,19-21,24-26,29,31,35,40H,8-11,14-18,22-23H2,1-7H3/t35-/m1/s1. The molecule has 2 aliphatic rings. The lowest BCUT2D eigenvalue weighted by Crippen LogP contribution is -2.52. The van der Waals surface area contributed by atoms with Crippen LogP contribution in [0.4, 0.5) is 4.39 Å². The summed E-state index contributed by atoms with van der Waals surface area (Å²) in [6.45, 7) is 19.6. The fourth-order valence-electron chi connectivity index (χ4n) is 7.58. The number of nitrogens with zero attached hydrogens (tertiary/aromatic N) is 5. The van der Waals surface area contributed by atoms with Crippen molar-refractivity contribution in [3.05, 3.63) is 59.4 Å². The topological polar surface area (TPSA) is 90.3 Å². The minimum atomic E-state index is -3.15. The van der Waals surface area contributed by atoms with Crippen molar-refractivity contribution in [3.8, 4) is 11.1 Å². The SMILES string of the molecule is CCN(C(=O)c1cc(F)ccc1-c1cc(C2CN([C@H](CCCN3CCC(NS(=O)(=O)CC)CC3)C(C)C)C2)cn2c(C)ncc12)C(C)C. The molecule has 0 saturated carbocycles. The Morgan fingerprint density at radius 1 is 1.08 bits per heavy atom. The van der Waals surface area contributed by atoms with Crippen molar-refractivity contribution in [2.45, 2.75) is 98.2 Å². The van der Waals surface area contributed by atoms with Crippen LogP contribution in [0.3, 0.4) is 0 Å². The fourth-order valence-corrected chi connectivity index (χ4v) is 8.49. The molecule has 264 valence electrons. The molecule has 9 nitrogen and oxygen atoms in total. The lowest BCUT2D eigenvalue weighted by molar-refractivity contribution is 0.0561. The molecule has 11 heteroatoms. The summed E-state index contributed by atoms with van der Waals surface area (Å²) in [5.41, 5.74) is 4.13. The number of rotatable bonds is 14. The van der Waals surface area contributed by atoms with E-state index in [1.54, 1.807) is 17.9 Å². The van der Waals surface area contributed by atoms with E-state index >= 15 is 0 Å². The Bertz CT molecular complexity index is 1680. The van der Waals surface area contributed by atoms with Crippen LogP contribution in [0.15, 0.2) is 36.7 Å². The number of aromatic nitrogens is 2. The van der Waals surface area contributed by atoms with E-state index in [-0.39, 0.29) is 23.7 Å². The third-order valence-electron chi connectivity index (χ3n) is 10.5. The number of amides is 1. The number of piperidine rings is 1. The zero-order chi connectivity index (χ0) is 34.7. The summed E-state index contributed by atoms with van der Waals surface area (Å²) in [7, 11) is -3.15. The van der Waals surface area contributed by atoms with E-state index in [9.17, 15) is 17.6 Å². The van der Waals surface area contributed by atoms with Crippen LogP contribution in [-0.4, -0.2) is 102 Å². The molecule has 1 N–H and O–H groups in total. The molecule has 3 aromatic rings. The highest BCUT2D eigenvalue weighted by Crippen LogP contribution is 2.37. The van der Waals surface area contributed by atoms with E-state index in [2.05, 4.69) is 50.0 Å². The number of benzene rings is 1. The average molecular weight is 683 g/mol. The highest BCUT2D eigenvalue weighted by molar-refractivity contribution is 7.89. The lowest BCUT2D eigenvalue weighted by Gasteiger charge is -2.46. The summed E-state index contributed by atoms with van der Waals surface area (Å²) in [4.78, 5) is 25.2. The molecule has 4 heterocycles. The largest absolute Gasteiger partial charge is 0.336 e. The van der Waals surface area contributed by atoms with Crippen molar-refractivity contribution in [2.24, 2.45) is 5.92 Å². The van der Waals surface area contributed by atoms with Gasteiger partial charge in [-0.25, -0.2) is 22.5 Å². The summed E-state index contributed by atoms with van der Waals surface area (Å²) in [6.07, 6.45) is 8.02. The molecule has 2 aromatic heterocycles. The number of hydrogen-bond acceptors (Lipinski definition) is 6. The molecule has 0 spiro atoms. The first-order valence-corrected chi connectivity index (χ1v) is 19.5. The van der Waals surface area contributed by atoms with Gasteiger partial charge in [0.25, 0.3) is 5.91 Å². The first kappa shape index (κ1) is 36.4. The number of halogens is 1. The smallest absolute Gasteiger partial charge is 0.254 e. The van der Waals surface area contributed by atoms with Gasteiger partial charge in [0, 0.05) is 55.4 Å². The van der Waals surface area contributed by atoms with Gasteiger partial charge in [0.05, 0.1) is 23.0 Å². The van der Waals surface area contributed by atoms with Crippen molar-refractivity contribution in [3.63, 3.8) is 0 Å². The van der Waals surface area contributed by atoms with Gasteiger partial charge < -0.3 is 14.2 Å². The Morgan fingerprint density at radius 2 is 1.79 bits per heavy atom. The Hall–Kier alpha value is -2.86. The molecule has 5 rings (SSSR count). The molecule has 2 fully saturated rings. The second kappa shape index (κ2) is 15.4. The van der Waals surface area contributed by atoms with Crippen LogP contribution in [0.5, 0.6) is 0 Å². The van der Waals surface area contributed by atoms with Gasteiger partial charge >= 0.3 is 0 Å². The number of aryl methyl sites for hydroxylation is 1. The predicted octanol–water partition coefficient (Wildman–Crippen LogP) is 5.93. The molecule has 0 bridgehead atoms. The van der Waals surface area contributed by atoms with Gasteiger partial charge in [-0.3, -0.25) is 9.69 Å². The Labute approximate surface area is 286 Å². The number of fused-ring (bicyclic) bond motifs is 1. The van der Waals surface area contributed by atoms with Crippen LogP contribution in [0.25, 0.3) is 16.6 Å². The van der Waals surface area contributed by atoms with Crippen molar-refractivity contribution >= 4 is 21.4 Å². The van der Waals surface area contributed by atoms with Crippen molar-refractivity contribution < 1.29 is 17.6 Å². The van der Waals surface area contributed by atoms with E-state index in [1.807, 2.05) is 33.9 Å². The molecule has 48 heavy (non-hydrogen) atoms. The number of imidazole rings is 1. The lowest BCUT2D eigenvalue weighted by atomic mass is 9.85. The van der Waals surface area contributed by atoms with Crippen LogP contribution in [0.2, 0.25) is 0 Å². The summed E-state index contributed by atoms with van der Waals surface area (Å²) in [5, 5.41) is 0. The summed E-state index contributed by atoms with van der Waals surface area (Å²) in [5.74, 6) is 1.31. The number of carbonyl (C=O) groups is 1. The fraction of sp³-hybridized carbons (Fsp3) is 0.622. The number of likely N-dealkylation sites (tertiary alicyclic amines) is 2. The molecule has 0 radical (unpaired) electrons. The minimum absolute atomic E-state index is 0.00163. The van der Waals surface area contributed by atoms with Crippen LogP contribution >= 0.6 is 0 Å². The highest BCUT2D eigenvalue weighted by Gasteiger charge is 2.35. The van der Waals surface area contributed by atoms with E-state index in [4.69, 9.17) is 0 Å². The Morgan fingerprint density at radius 3 is 2.42 bits per heavy atom. The third kappa shape index (κ3) is 8.12. The number of nitrogens with one attached hydrogen (secondary N) is 1. The maximum atomic E-state index is 14.6. The molecule has 2 aliphatic heterocycles. The number of pyridine rings is 1. The zero-order valence-electron chi connectivity index (χ0n) is 29.9. The van der Waals surface area contributed by atoms with Crippen molar-refractivity contribution in [1.29, 1.82) is 0 Å². The van der Waals surface area contributed by atoms with Gasteiger partial charge in [-0.2, -0.15) is 0 Å². The number of hydrogen-bond donors (Lipinski definition) is 1. The normalized spacial score (nSPS) is 17.8. The van der Waals surface area contributed by atoms with E-state index in [1.165, 1.54) is 17.7 Å². The maximum Gasteiger partial charge on any atom is 0.254 e. The van der Waals surface area contributed by atoms with Crippen LogP contribution in [0, 0.1) is 18.7 Å². The first-order chi connectivity index (χ1) is 22.8. The molecular weight excluding hydrogens is 628 g/mol. The van der Waals surface area contributed by atoms with Gasteiger partial charge in [-0.1, -0.05) is 19.9 Å². The second-order valence-electron chi connectivity index (χ2n) is 14.4. The maximum absolute atomic E-state index is 14.6. The van der Waals surface area contributed by atoms with E-state index in [0.717, 1.165) is 80.9 Å². The Kier molecular flexibility index (Phi) is 11.7. The van der Waals surface area contributed by atoms with Crippen molar-refractivity contribution in [2.75, 3.05) is 45.0 Å². The predicted molar refractivity (Wildman–Crippen MR) is 191 cm³/mol. The molecule has 0 aliphatic carbocycles. The third-order valence-corrected chi connectivity index (χ3v) is 11.9. The zero-order valence-corrected chi connectivity index (χ0v) is 30.7. The monoisotopic (exact) mass is 682 g/mol. The average Bonchev–Trinajstić information content (AvgIpc) is 3.40. The van der Waals surface area contributed by atoms with Gasteiger partial charge in [-0.05, 0) is 115 Å². The van der Waals surface area contributed by atoms with Gasteiger partial charge in [0.15, 0.2) is 0 Å². The molecular formula is C37H55FN6O3S. The van der Waals surface area contributed by atoms with Crippen LogP contribution in [-0.2, 0) is 10.0 Å². The summed E-state index contributed by atoms with van der Waals surface area (Å²) >= 11 is 0. The molecule has 1 atom stereocenters. The van der Waals surface area contributed by atoms with Crippen LogP contribution < -0.4 is 4.72 Å². The first-order valence-electron chi connectivity index (χ1n) is 17.9. The molecule has 1 amide bonds. The van der Waals surface area contributed by atoms with E-state index in [0.29, 0.717) is 30.0 Å². The molecule has 0 unspecified atom stereocenters. The number of sulfonamides is 1.